The summed E-state index contributed by atoms with van der Waals surface area (Å²) in [5, 5.41) is 1.32. The summed E-state index contributed by atoms with van der Waals surface area (Å²) in [5.74, 6) is -0.278. The number of halogens is 2. The van der Waals surface area contributed by atoms with E-state index < -0.39 is 0 Å². The molecule has 0 aliphatic heterocycles. The number of fused-ring (bicyclic) bond motifs is 1. The van der Waals surface area contributed by atoms with E-state index in [9.17, 15) is 4.39 Å². The standard InChI is InChI=1S/C10H7ClFN/c1-6-4-7(12)5-9-8(6)2-3-10(11)13-9/h2-5H,1H3. The summed E-state index contributed by atoms with van der Waals surface area (Å²) >= 11 is 5.69. The normalized spacial score (nSPS) is 10.7. The van der Waals surface area contributed by atoms with E-state index in [-0.39, 0.29) is 5.82 Å². The number of aromatic nitrogens is 1. The molecule has 0 aliphatic rings. The van der Waals surface area contributed by atoms with Crippen LogP contribution >= 0.6 is 11.6 Å². The van der Waals surface area contributed by atoms with Crippen LogP contribution in [0.15, 0.2) is 24.3 Å². The Bertz CT molecular complexity index is 462. The molecule has 0 amide bonds. The van der Waals surface area contributed by atoms with Crippen LogP contribution in [0.4, 0.5) is 4.39 Å². The van der Waals surface area contributed by atoms with Gasteiger partial charge in [0.25, 0.3) is 0 Å². The monoisotopic (exact) mass is 195 g/mol. The lowest BCUT2D eigenvalue weighted by Crippen LogP contribution is -1.85. The van der Waals surface area contributed by atoms with Gasteiger partial charge in [-0.1, -0.05) is 11.6 Å². The molecule has 66 valence electrons. The molecule has 0 radical (unpaired) electrons. The number of hydrogen-bond acceptors (Lipinski definition) is 1. The smallest absolute Gasteiger partial charge is 0.129 e. The maximum Gasteiger partial charge on any atom is 0.129 e. The second-order valence-corrected chi connectivity index (χ2v) is 3.31. The van der Waals surface area contributed by atoms with E-state index in [0.717, 1.165) is 10.9 Å². The molecule has 0 fully saturated rings. The third-order valence-corrected chi connectivity index (χ3v) is 2.16. The molecule has 0 unspecified atom stereocenters. The Balaban J connectivity index is 2.86. The topological polar surface area (TPSA) is 12.9 Å². The highest BCUT2D eigenvalue weighted by molar-refractivity contribution is 6.29. The van der Waals surface area contributed by atoms with E-state index in [1.165, 1.54) is 12.1 Å². The summed E-state index contributed by atoms with van der Waals surface area (Å²) in [6.07, 6.45) is 0. The van der Waals surface area contributed by atoms with E-state index >= 15 is 0 Å². The number of rotatable bonds is 0. The molecule has 1 nitrogen and oxygen atoms in total. The van der Waals surface area contributed by atoms with E-state index in [4.69, 9.17) is 11.6 Å². The third kappa shape index (κ3) is 1.49. The minimum Gasteiger partial charge on any atom is -0.236 e. The highest BCUT2D eigenvalue weighted by Gasteiger charge is 2.01. The van der Waals surface area contributed by atoms with Crippen molar-refractivity contribution in [2.45, 2.75) is 6.92 Å². The zero-order valence-corrected chi connectivity index (χ0v) is 7.77. The molecule has 2 aromatic rings. The van der Waals surface area contributed by atoms with Crippen LogP contribution < -0.4 is 0 Å². The van der Waals surface area contributed by atoms with Crippen molar-refractivity contribution in [1.29, 1.82) is 0 Å². The predicted molar refractivity (Wildman–Crippen MR) is 51.4 cm³/mol. The fourth-order valence-corrected chi connectivity index (χ4v) is 1.50. The Morgan fingerprint density at radius 2 is 2.08 bits per heavy atom. The van der Waals surface area contributed by atoms with Gasteiger partial charge in [-0.25, -0.2) is 9.37 Å². The lowest BCUT2D eigenvalue weighted by Gasteiger charge is -2.01. The molecule has 1 aromatic carbocycles. The number of pyridine rings is 1. The Hall–Kier alpha value is -1.15. The van der Waals surface area contributed by atoms with Gasteiger partial charge in [0.2, 0.25) is 0 Å². The number of nitrogens with zero attached hydrogens (tertiary/aromatic N) is 1. The van der Waals surface area contributed by atoms with Crippen molar-refractivity contribution >= 4 is 22.5 Å². The van der Waals surface area contributed by atoms with Crippen LogP contribution in [-0.4, -0.2) is 4.98 Å². The van der Waals surface area contributed by atoms with Crippen LogP contribution in [0, 0.1) is 12.7 Å². The first-order valence-electron chi connectivity index (χ1n) is 3.89. The SMILES string of the molecule is Cc1cc(F)cc2nc(Cl)ccc12. The Morgan fingerprint density at radius 1 is 1.31 bits per heavy atom. The Morgan fingerprint density at radius 3 is 2.85 bits per heavy atom. The average Bonchev–Trinajstić information content (AvgIpc) is 2.02. The van der Waals surface area contributed by atoms with Gasteiger partial charge in [0, 0.05) is 11.5 Å². The zero-order valence-electron chi connectivity index (χ0n) is 7.01. The van der Waals surface area contributed by atoms with Gasteiger partial charge in [-0.3, -0.25) is 0 Å². The van der Waals surface area contributed by atoms with Crippen LogP contribution in [0.25, 0.3) is 10.9 Å². The highest BCUT2D eigenvalue weighted by atomic mass is 35.5. The summed E-state index contributed by atoms with van der Waals surface area (Å²) in [6, 6.07) is 6.42. The summed E-state index contributed by atoms with van der Waals surface area (Å²) in [7, 11) is 0. The molecule has 0 bridgehead atoms. The first-order valence-corrected chi connectivity index (χ1v) is 4.27. The first-order chi connectivity index (χ1) is 6.16. The van der Waals surface area contributed by atoms with Crippen LogP contribution in [0.1, 0.15) is 5.56 Å². The molecular weight excluding hydrogens is 189 g/mol. The Kier molecular flexibility index (Phi) is 1.93. The molecule has 0 spiro atoms. The van der Waals surface area contributed by atoms with Crippen molar-refractivity contribution < 1.29 is 4.39 Å². The van der Waals surface area contributed by atoms with Gasteiger partial charge >= 0.3 is 0 Å². The van der Waals surface area contributed by atoms with E-state index in [1.807, 2.05) is 13.0 Å². The fraction of sp³-hybridized carbons (Fsp3) is 0.100. The van der Waals surface area contributed by atoms with Crippen molar-refractivity contribution in [3.8, 4) is 0 Å². The van der Waals surface area contributed by atoms with Crippen LogP contribution in [0.2, 0.25) is 5.15 Å². The van der Waals surface area contributed by atoms with Crippen LogP contribution in [0.5, 0.6) is 0 Å². The van der Waals surface area contributed by atoms with E-state index in [1.54, 1.807) is 6.07 Å². The average molecular weight is 196 g/mol. The van der Waals surface area contributed by atoms with Crippen molar-refractivity contribution in [3.05, 3.63) is 40.8 Å². The summed E-state index contributed by atoms with van der Waals surface area (Å²) in [5.41, 5.74) is 1.48. The molecule has 0 atom stereocenters. The van der Waals surface area contributed by atoms with Gasteiger partial charge in [0.1, 0.15) is 11.0 Å². The summed E-state index contributed by atoms with van der Waals surface area (Å²) in [4.78, 5) is 4.02. The van der Waals surface area contributed by atoms with Crippen molar-refractivity contribution in [3.63, 3.8) is 0 Å². The molecule has 0 N–H and O–H groups in total. The van der Waals surface area contributed by atoms with Crippen molar-refractivity contribution in [2.75, 3.05) is 0 Å². The second-order valence-electron chi connectivity index (χ2n) is 2.92. The molecule has 0 saturated heterocycles. The number of benzene rings is 1. The van der Waals surface area contributed by atoms with Crippen molar-refractivity contribution in [2.24, 2.45) is 0 Å². The molecule has 13 heavy (non-hydrogen) atoms. The van der Waals surface area contributed by atoms with Crippen LogP contribution in [-0.2, 0) is 0 Å². The lowest BCUT2D eigenvalue weighted by atomic mass is 10.1. The maximum absolute atomic E-state index is 12.9. The fourth-order valence-electron chi connectivity index (χ4n) is 1.35. The zero-order chi connectivity index (χ0) is 9.42. The molecule has 0 aliphatic carbocycles. The van der Waals surface area contributed by atoms with Gasteiger partial charge in [0.05, 0.1) is 5.52 Å². The molecule has 2 rings (SSSR count). The van der Waals surface area contributed by atoms with Crippen LogP contribution in [0.3, 0.4) is 0 Å². The maximum atomic E-state index is 12.9. The lowest BCUT2D eigenvalue weighted by molar-refractivity contribution is 0.628. The third-order valence-electron chi connectivity index (χ3n) is 1.94. The minimum absolute atomic E-state index is 0.278. The quantitative estimate of drug-likeness (QED) is 0.588. The summed E-state index contributed by atoms with van der Waals surface area (Å²) in [6.45, 7) is 1.85. The molecule has 1 aromatic heterocycles. The summed E-state index contributed by atoms with van der Waals surface area (Å²) < 4.78 is 12.9. The van der Waals surface area contributed by atoms with Gasteiger partial charge in [0.15, 0.2) is 0 Å². The van der Waals surface area contributed by atoms with Gasteiger partial charge in [-0.2, -0.15) is 0 Å². The molecular formula is C10H7ClFN. The number of hydrogen-bond donors (Lipinski definition) is 0. The van der Waals surface area contributed by atoms with Gasteiger partial charge in [-0.05, 0) is 30.7 Å². The Labute approximate surface area is 80.2 Å². The van der Waals surface area contributed by atoms with Crippen molar-refractivity contribution in [1.82, 2.24) is 4.98 Å². The second kappa shape index (κ2) is 2.96. The van der Waals surface area contributed by atoms with E-state index in [2.05, 4.69) is 4.98 Å². The number of aryl methyl sites for hydroxylation is 1. The first kappa shape index (κ1) is 8.45. The highest BCUT2D eigenvalue weighted by Crippen LogP contribution is 2.20. The molecule has 3 heteroatoms. The molecule has 1 heterocycles. The van der Waals surface area contributed by atoms with E-state index in [0.29, 0.717) is 10.7 Å². The minimum atomic E-state index is -0.278. The van der Waals surface area contributed by atoms with Gasteiger partial charge in [-0.15, -0.1) is 0 Å². The predicted octanol–water partition coefficient (Wildman–Crippen LogP) is 3.34. The molecule has 0 saturated carbocycles. The largest absolute Gasteiger partial charge is 0.236 e. The van der Waals surface area contributed by atoms with Gasteiger partial charge < -0.3 is 0 Å².